The molecule has 0 atom stereocenters. The second-order valence-electron chi connectivity index (χ2n) is 6.50. The molecule has 0 saturated carbocycles. The lowest BCUT2D eigenvalue weighted by Crippen LogP contribution is -2.11. The van der Waals surface area contributed by atoms with Crippen LogP contribution in [0.3, 0.4) is 0 Å². The van der Waals surface area contributed by atoms with Crippen LogP contribution >= 0.6 is 27.5 Å². The summed E-state index contributed by atoms with van der Waals surface area (Å²) in [5, 5.41) is 7.59. The fourth-order valence-corrected chi connectivity index (χ4v) is 3.40. The van der Waals surface area contributed by atoms with Gasteiger partial charge in [-0.3, -0.25) is 9.48 Å². The summed E-state index contributed by atoms with van der Waals surface area (Å²) in [6.45, 7) is 0.769. The summed E-state index contributed by atoms with van der Waals surface area (Å²) in [6.07, 6.45) is 3.33. The molecule has 0 fully saturated rings. The first kappa shape index (κ1) is 20.3. The van der Waals surface area contributed by atoms with E-state index in [2.05, 4.69) is 26.3 Å². The van der Waals surface area contributed by atoms with Gasteiger partial charge in [-0.2, -0.15) is 5.10 Å². The van der Waals surface area contributed by atoms with E-state index >= 15 is 0 Å². The predicted octanol–water partition coefficient (Wildman–Crippen LogP) is 5.77. The Morgan fingerprint density at radius 2 is 2.03 bits per heavy atom. The highest BCUT2D eigenvalue weighted by molar-refractivity contribution is 9.10. The molecule has 6 nitrogen and oxygen atoms in total. The third-order valence-corrected chi connectivity index (χ3v) is 5.07. The third kappa shape index (κ3) is 5.11. The number of nitrogens with one attached hydrogen (secondary N) is 1. The largest absolute Gasteiger partial charge is 0.484 e. The van der Waals surface area contributed by atoms with E-state index in [1.807, 2.05) is 48.5 Å². The summed E-state index contributed by atoms with van der Waals surface area (Å²) >= 11 is 9.33. The molecule has 152 valence electrons. The van der Waals surface area contributed by atoms with E-state index in [4.69, 9.17) is 20.8 Å². The fraction of sp³-hybridized carbons (Fsp3) is 0.0909. The first-order valence-electron chi connectivity index (χ1n) is 9.11. The Morgan fingerprint density at radius 3 is 2.83 bits per heavy atom. The second-order valence-corrected chi connectivity index (χ2v) is 7.79. The van der Waals surface area contributed by atoms with Crippen molar-refractivity contribution in [2.24, 2.45) is 0 Å². The Kier molecular flexibility index (Phi) is 6.21. The van der Waals surface area contributed by atoms with Crippen molar-refractivity contribution in [3.63, 3.8) is 0 Å². The number of furan rings is 1. The first-order valence-corrected chi connectivity index (χ1v) is 10.3. The topological polar surface area (TPSA) is 69.3 Å². The monoisotopic (exact) mass is 485 g/mol. The lowest BCUT2D eigenvalue weighted by atomic mass is 10.2. The van der Waals surface area contributed by atoms with Crippen molar-refractivity contribution in [2.45, 2.75) is 13.2 Å². The Labute approximate surface area is 186 Å². The summed E-state index contributed by atoms with van der Waals surface area (Å²) in [7, 11) is 0. The van der Waals surface area contributed by atoms with Crippen LogP contribution in [-0.4, -0.2) is 15.7 Å². The highest BCUT2D eigenvalue weighted by atomic mass is 79.9. The lowest BCUT2D eigenvalue weighted by molar-refractivity contribution is 0.0992. The SMILES string of the molecule is O=C(Nc1cccc(Cn2cc(Cl)cn2)c1)c1ccc(COc2ccccc2Br)o1. The van der Waals surface area contributed by atoms with Crippen LogP contribution in [0.2, 0.25) is 5.02 Å². The van der Waals surface area contributed by atoms with Gasteiger partial charge in [-0.25, -0.2) is 0 Å². The van der Waals surface area contributed by atoms with Gasteiger partial charge in [0.2, 0.25) is 0 Å². The van der Waals surface area contributed by atoms with Gasteiger partial charge in [0.1, 0.15) is 18.1 Å². The zero-order chi connectivity index (χ0) is 20.9. The van der Waals surface area contributed by atoms with Gasteiger partial charge in [0, 0.05) is 11.9 Å². The maximum Gasteiger partial charge on any atom is 0.291 e. The summed E-state index contributed by atoms with van der Waals surface area (Å²) < 4.78 is 13.9. The van der Waals surface area contributed by atoms with Crippen LogP contribution in [0.4, 0.5) is 5.69 Å². The van der Waals surface area contributed by atoms with Gasteiger partial charge in [-0.15, -0.1) is 0 Å². The van der Waals surface area contributed by atoms with E-state index in [9.17, 15) is 4.79 Å². The normalized spacial score (nSPS) is 10.7. The molecule has 0 aliphatic rings. The molecular formula is C22H17BrClN3O3. The average Bonchev–Trinajstić information content (AvgIpc) is 3.37. The highest BCUT2D eigenvalue weighted by Gasteiger charge is 2.13. The number of halogens is 2. The lowest BCUT2D eigenvalue weighted by Gasteiger charge is -2.07. The van der Waals surface area contributed by atoms with Gasteiger partial charge in [0.05, 0.1) is 22.2 Å². The molecule has 2 aromatic carbocycles. The van der Waals surface area contributed by atoms with Crippen LogP contribution in [0.25, 0.3) is 0 Å². The fourth-order valence-electron chi connectivity index (χ4n) is 2.84. The van der Waals surface area contributed by atoms with Gasteiger partial charge >= 0.3 is 0 Å². The number of ether oxygens (including phenoxy) is 1. The number of hydrogen-bond acceptors (Lipinski definition) is 4. The molecule has 1 N–H and O–H groups in total. The predicted molar refractivity (Wildman–Crippen MR) is 118 cm³/mol. The minimum Gasteiger partial charge on any atom is -0.484 e. The minimum absolute atomic E-state index is 0.213. The van der Waals surface area contributed by atoms with E-state index in [1.54, 1.807) is 29.2 Å². The first-order chi connectivity index (χ1) is 14.6. The number of hydrogen-bond donors (Lipinski definition) is 1. The quantitative estimate of drug-likeness (QED) is 0.360. The van der Waals surface area contributed by atoms with Crippen molar-refractivity contribution in [1.29, 1.82) is 0 Å². The van der Waals surface area contributed by atoms with Gasteiger partial charge in [-0.05, 0) is 57.9 Å². The summed E-state index contributed by atoms with van der Waals surface area (Å²) in [6, 6.07) is 18.4. The molecular weight excluding hydrogens is 470 g/mol. The van der Waals surface area contributed by atoms with Gasteiger partial charge < -0.3 is 14.5 Å². The van der Waals surface area contributed by atoms with Crippen LogP contribution < -0.4 is 10.1 Å². The Bertz CT molecular complexity index is 1170. The van der Waals surface area contributed by atoms with Crippen molar-refractivity contribution < 1.29 is 13.9 Å². The van der Waals surface area contributed by atoms with Crippen LogP contribution in [0.5, 0.6) is 5.75 Å². The number of amides is 1. The van der Waals surface area contributed by atoms with Crippen molar-refractivity contribution >= 4 is 39.1 Å². The molecule has 0 radical (unpaired) electrons. The number of nitrogens with zero attached hydrogens (tertiary/aromatic N) is 2. The van der Waals surface area contributed by atoms with Crippen molar-refractivity contribution in [2.75, 3.05) is 5.32 Å². The molecule has 0 saturated heterocycles. The summed E-state index contributed by atoms with van der Waals surface area (Å²) in [5.74, 6) is 1.14. The highest BCUT2D eigenvalue weighted by Crippen LogP contribution is 2.25. The molecule has 4 aromatic rings. The summed E-state index contributed by atoms with van der Waals surface area (Å²) in [5.41, 5.74) is 1.65. The van der Waals surface area contributed by atoms with Crippen molar-refractivity contribution in [3.05, 3.63) is 99.6 Å². The van der Waals surface area contributed by atoms with E-state index < -0.39 is 0 Å². The van der Waals surface area contributed by atoms with Crippen LogP contribution in [-0.2, 0) is 13.2 Å². The van der Waals surface area contributed by atoms with E-state index in [-0.39, 0.29) is 18.3 Å². The van der Waals surface area contributed by atoms with Crippen LogP contribution in [0.1, 0.15) is 21.9 Å². The number of benzene rings is 2. The smallest absolute Gasteiger partial charge is 0.291 e. The zero-order valence-corrected chi connectivity index (χ0v) is 18.1. The third-order valence-electron chi connectivity index (χ3n) is 4.22. The Balaban J connectivity index is 1.37. The Hall–Kier alpha value is -3.03. The molecule has 0 spiro atoms. The van der Waals surface area contributed by atoms with Crippen molar-refractivity contribution in [1.82, 2.24) is 9.78 Å². The number of para-hydroxylation sites is 1. The van der Waals surface area contributed by atoms with Crippen molar-refractivity contribution in [3.8, 4) is 5.75 Å². The maximum absolute atomic E-state index is 12.5. The molecule has 0 unspecified atom stereocenters. The van der Waals surface area contributed by atoms with E-state index in [1.165, 1.54) is 0 Å². The average molecular weight is 487 g/mol. The number of rotatable bonds is 7. The van der Waals surface area contributed by atoms with Gasteiger partial charge in [0.25, 0.3) is 5.91 Å². The molecule has 30 heavy (non-hydrogen) atoms. The zero-order valence-electron chi connectivity index (χ0n) is 15.7. The van der Waals surface area contributed by atoms with Crippen LogP contribution in [0, 0.1) is 0 Å². The molecule has 0 bridgehead atoms. The molecule has 0 aliphatic heterocycles. The molecule has 0 aliphatic carbocycles. The van der Waals surface area contributed by atoms with E-state index in [0.29, 0.717) is 28.8 Å². The standard InChI is InChI=1S/C22H17BrClN3O3/c23-19-6-1-2-7-20(19)29-14-18-8-9-21(30-18)22(28)26-17-5-3-4-15(10-17)12-27-13-16(24)11-25-27/h1-11,13H,12,14H2,(H,26,28). The maximum atomic E-state index is 12.5. The number of aromatic nitrogens is 2. The second kappa shape index (κ2) is 9.19. The molecule has 2 heterocycles. The van der Waals surface area contributed by atoms with Gasteiger partial charge in [-0.1, -0.05) is 35.9 Å². The molecule has 8 heteroatoms. The minimum atomic E-state index is -0.332. The van der Waals surface area contributed by atoms with E-state index in [0.717, 1.165) is 10.0 Å². The Morgan fingerprint density at radius 1 is 1.17 bits per heavy atom. The number of carbonyl (C=O) groups is 1. The summed E-state index contributed by atoms with van der Waals surface area (Å²) in [4.78, 5) is 12.5. The molecule has 4 rings (SSSR count). The number of carbonyl (C=O) groups excluding carboxylic acids is 1. The number of anilines is 1. The molecule has 2 aromatic heterocycles. The van der Waals surface area contributed by atoms with Crippen LogP contribution in [0.15, 0.2) is 81.9 Å². The molecule has 1 amide bonds. The van der Waals surface area contributed by atoms with Gasteiger partial charge in [0.15, 0.2) is 5.76 Å².